The normalized spacial score (nSPS) is 26.5. The minimum absolute atomic E-state index is 0.212. The summed E-state index contributed by atoms with van der Waals surface area (Å²) in [5.41, 5.74) is 6.91. The van der Waals surface area contributed by atoms with Gasteiger partial charge in [0.1, 0.15) is 22.5 Å². The van der Waals surface area contributed by atoms with Gasteiger partial charge < -0.3 is 20.7 Å². The van der Waals surface area contributed by atoms with Crippen LogP contribution in [0.25, 0.3) is 11.2 Å². The predicted molar refractivity (Wildman–Crippen MR) is 76.8 cm³/mol. The van der Waals surface area contributed by atoms with Gasteiger partial charge >= 0.3 is 0 Å². The molecule has 0 bridgehead atoms. The highest BCUT2D eigenvalue weighted by atomic mass is 79.9. The Bertz CT molecular complexity index is 664. The molecule has 108 valence electrons. The number of anilines is 1. The van der Waals surface area contributed by atoms with Crippen molar-refractivity contribution in [3.63, 3.8) is 0 Å². The van der Waals surface area contributed by atoms with Gasteiger partial charge in [-0.05, 0) is 31.9 Å². The lowest BCUT2D eigenvalue weighted by Gasteiger charge is -2.14. The number of fused-ring (bicyclic) bond motifs is 1. The summed E-state index contributed by atoms with van der Waals surface area (Å²) in [4.78, 5) is 12.5. The lowest BCUT2D eigenvalue weighted by molar-refractivity contribution is -0.0425. The number of hydrogen-bond donors (Lipinski definition) is 3. The van der Waals surface area contributed by atoms with Crippen molar-refractivity contribution in [2.24, 2.45) is 0 Å². The van der Waals surface area contributed by atoms with Crippen LogP contribution in [-0.4, -0.2) is 48.5 Å². The number of hydrogen-bond acceptors (Lipinski definition) is 7. The van der Waals surface area contributed by atoms with Crippen molar-refractivity contribution < 1.29 is 14.9 Å². The summed E-state index contributed by atoms with van der Waals surface area (Å²) in [6.45, 7) is -0.257. The van der Waals surface area contributed by atoms with Crippen LogP contribution in [0.5, 0.6) is 0 Å². The minimum atomic E-state index is -0.754. The molecule has 0 radical (unpaired) electrons. The SMILES string of the molecule is Nc1nc2c(Br)nc(Br)nc2n1[C@H]1C[C@H](O)[C@@H](CO)O1. The topological polar surface area (TPSA) is 119 Å². The van der Waals surface area contributed by atoms with Gasteiger partial charge in [0.15, 0.2) is 10.4 Å². The number of imidazole rings is 1. The minimum Gasteiger partial charge on any atom is -0.394 e. The molecule has 20 heavy (non-hydrogen) atoms. The molecule has 1 aliphatic heterocycles. The van der Waals surface area contributed by atoms with Gasteiger partial charge in [-0.25, -0.2) is 15.0 Å². The second-order valence-corrected chi connectivity index (χ2v) is 5.87. The molecule has 0 unspecified atom stereocenters. The zero-order valence-corrected chi connectivity index (χ0v) is 13.2. The van der Waals surface area contributed by atoms with E-state index in [0.29, 0.717) is 26.9 Å². The monoisotopic (exact) mass is 407 g/mol. The van der Waals surface area contributed by atoms with E-state index in [0.717, 1.165) is 0 Å². The number of rotatable bonds is 2. The highest BCUT2D eigenvalue weighted by molar-refractivity contribution is 9.11. The first kappa shape index (κ1) is 14.1. The zero-order chi connectivity index (χ0) is 14.4. The van der Waals surface area contributed by atoms with Crippen molar-refractivity contribution >= 4 is 49.0 Å². The third-order valence-corrected chi connectivity index (χ3v) is 4.08. The first-order valence-electron chi connectivity index (χ1n) is 5.82. The van der Waals surface area contributed by atoms with Crippen LogP contribution in [0.3, 0.4) is 0 Å². The number of aliphatic hydroxyl groups excluding tert-OH is 2. The van der Waals surface area contributed by atoms with E-state index in [4.69, 9.17) is 15.6 Å². The summed E-state index contributed by atoms with van der Waals surface area (Å²) in [7, 11) is 0. The van der Waals surface area contributed by atoms with E-state index in [2.05, 4.69) is 46.8 Å². The van der Waals surface area contributed by atoms with E-state index in [1.54, 1.807) is 4.57 Å². The van der Waals surface area contributed by atoms with Crippen molar-refractivity contribution in [1.82, 2.24) is 19.5 Å². The van der Waals surface area contributed by atoms with Crippen LogP contribution in [0.2, 0.25) is 0 Å². The molecule has 0 aromatic carbocycles. The van der Waals surface area contributed by atoms with Crippen molar-refractivity contribution in [3.8, 4) is 0 Å². The lowest BCUT2D eigenvalue weighted by atomic mass is 10.2. The van der Waals surface area contributed by atoms with E-state index >= 15 is 0 Å². The molecule has 3 atom stereocenters. The molecule has 3 rings (SSSR count). The summed E-state index contributed by atoms with van der Waals surface area (Å²) in [6.07, 6.45) is -1.61. The van der Waals surface area contributed by atoms with Crippen molar-refractivity contribution in [1.29, 1.82) is 0 Å². The largest absolute Gasteiger partial charge is 0.394 e. The molecule has 0 amide bonds. The van der Waals surface area contributed by atoms with Crippen LogP contribution in [0, 0.1) is 0 Å². The van der Waals surface area contributed by atoms with E-state index in [-0.39, 0.29) is 12.6 Å². The van der Waals surface area contributed by atoms with Crippen LogP contribution >= 0.6 is 31.9 Å². The molecule has 2 aromatic rings. The predicted octanol–water partition coefficient (Wildman–Crippen LogP) is 0.574. The number of aromatic nitrogens is 4. The van der Waals surface area contributed by atoms with Gasteiger partial charge in [-0.2, -0.15) is 0 Å². The number of halogens is 2. The zero-order valence-electron chi connectivity index (χ0n) is 10.1. The molecule has 0 aliphatic carbocycles. The molecular formula is C10H11Br2N5O3. The highest BCUT2D eigenvalue weighted by Gasteiger charge is 2.36. The summed E-state index contributed by atoms with van der Waals surface area (Å²) >= 11 is 6.51. The van der Waals surface area contributed by atoms with Gasteiger partial charge in [0.2, 0.25) is 5.95 Å². The quantitative estimate of drug-likeness (QED) is 0.490. The molecule has 3 heterocycles. The van der Waals surface area contributed by atoms with Gasteiger partial charge in [-0.3, -0.25) is 4.57 Å². The Kier molecular flexibility index (Phi) is 3.67. The van der Waals surface area contributed by atoms with Crippen LogP contribution < -0.4 is 5.73 Å². The van der Waals surface area contributed by atoms with E-state index in [1.165, 1.54) is 0 Å². The summed E-state index contributed by atoms with van der Waals surface area (Å²) < 4.78 is 8.07. The molecular weight excluding hydrogens is 398 g/mol. The summed E-state index contributed by atoms with van der Waals surface area (Å²) in [5, 5.41) is 19.0. The molecule has 8 nitrogen and oxygen atoms in total. The van der Waals surface area contributed by atoms with Gasteiger partial charge in [0.05, 0.1) is 12.7 Å². The molecule has 1 fully saturated rings. The number of nitrogens with zero attached hydrogens (tertiary/aromatic N) is 4. The smallest absolute Gasteiger partial charge is 0.204 e. The molecule has 10 heteroatoms. The maximum Gasteiger partial charge on any atom is 0.204 e. The van der Waals surface area contributed by atoms with Crippen LogP contribution in [0.4, 0.5) is 5.95 Å². The Balaban J connectivity index is 2.10. The maximum atomic E-state index is 9.82. The molecule has 0 spiro atoms. The lowest BCUT2D eigenvalue weighted by Crippen LogP contribution is -2.24. The Morgan fingerprint density at radius 1 is 1.35 bits per heavy atom. The van der Waals surface area contributed by atoms with Crippen molar-refractivity contribution in [2.75, 3.05) is 12.3 Å². The van der Waals surface area contributed by atoms with Crippen LogP contribution in [0.15, 0.2) is 9.34 Å². The number of ether oxygens (including phenoxy) is 1. The van der Waals surface area contributed by atoms with Gasteiger partial charge in [-0.1, -0.05) is 0 Å². The second-order valence-electron chi connectivity index (χ2n) is 4.41. The van der Waals surface area contributed by atoms with Crippen molar-refractivity contribution in [2.45, 2.75) is 24.9 Å². The van der Waals surface area contributed by atoms with Gasteiger partial charge in [0.25, 0.3) is 0 Å². The fourth-order valence-corrected chi connectivity index (χ4v) is 3.27. The first-order valence-corrected chi connectivity index (χ1v) is 7.40. The molecule has 2 aromatic heterocycles. The van der Waals surface area contributed by atoms with E-state index in [1.807, 2.05) is 0 Å². The molecule has 1 saturated heterocycles. The fraction of sp³-hybridized carbons (Fsp3) is 0.500. The Morgan fingerprint density at radius 3 is 2.75 bits per heavy atom. The molecule has 4 N–H and O–H groups in total. The standard InChI is InChI=1S/C10H11Br2N5O3/c11-7-6-8(16-9(12)15-7)17(10(13)14-6)5-1-3(19)4(2-18)20-5/h3-5,18-19H,1-2H2,(H2,13,14)/t3-,4+,5+/m0/s1. The molecule has 0 saturated carbocycles. The average Bonchev–Trinajstić information content (AvgIpc) is 2.89. The van der Waals surface area contributed by atoms with Gasteiger partial charge in [-0.15, -0.1) is 0 Å². The fourth-order valence-electron chi connectivity index (χ4n) is 2.25. The number of nitrogens with two attached hydrogens (primary N) is 1. The van der Waals surface area contributed by atoms with Crippen molar-refractivity contribution in [3.05, 3.63) is 9.34 Å². The third-order valence-electron chi connectivity index (χ3n) is 3.17. The first-order chi connectivity index (χ1) is 9.51. The average molecular weight is 409 g/mol. The van der Waals surface area contributed by atoms with Crippen LogP contribution in [-0.2, 0) is 4.74 Å². The second kappa shape index (κ2) is 5.19. The summed E-state index contributed by atoms with van der Waals surface area (Å²) in [5.74, 6) is 0.212. The van der Waals surface area contributed by atoms with E-state index < -0.39 is 18.4 Å². The molecule has 1 aliphatic rings. The Labute approximate surface area is 130 Å². The Hall–Kier alpha value is -0.810. The number of aliphatic hydroxyl groups is 2. The third kappa shape index (κ3) is 2.21. The highest BCUT2D eigenvalue weighted by Crippen LogP contribution is 2.34. The Morgan fingerprint density at radius 2 is 2.10 bits per heavy atom. The number of nitrogen functional groups attached to an aromatic ring is 1. The van der Waals surface area contributed by atoms with Crippen LogP contribution in [0.1, 0.15) is 12.6 Å². The summed E-state index contributed by atoms with van der Waals surface area (Å²) in [6, 6.07) is 0. The van der Waals surface area contributed by atoms with Gasteiger partial charge in [0, 0.05) is 6.42 Å². The van der Waals surface area contributed by atoms with E-state index in [9.17, 15) is 5.11 Å². The maximum absolute atomic E-state index is 9.82.